The fourth-order valence-electron chi connectivity index (χ4n) is 2.88. The molecule has 2 rings (SSSR count). The van der Waals surface area contributed by atoms with Crippen molar-refractivity contribution in [3.05, 3.63) is 23.9 Å². The largest absolute Gasteiger partial charge is 0.478 e. The zero-order chi connectivity index (χ0) is 19.9. The molecule has 1 saturated heterocycles. The molecule has 1 fully saturated rings. The number of pyridine rings is 1. The summed E-state index contributed by atoms with van der Waals surface area (Å²) >= 11 is 0. The molecule has 1 atom stereocenters. The van der Waals surface area contributed by atoms with Crippen molar-refractivity contribution in [2.75, 3.05) is 26.7 Å². The van der Waals surface area contributed by atoms with Crippen LogP contribution in [0.25, 0.3) is 0 Å². The van der Waals surface area contributed by atoms with Gasteiger partial charge in [-0.25, -0.2) is 9.78 Å². The molecule has 1 amide bonds. The molecule has 0 spiro atoms. The highest BCUT2D eigenvalue weighted by atomic mass is 127. The lowest BCUT2D eigenvalue weighted by atomic mass is 10.2. The van der Waals surface area contributed by atoms with Gasteiger partial charge in [0.15, 0.2) is 5.96 Å². The van der Waals surface area contributed by atoms with E-state index in [2.05, 4.69) is 25.5 Å². The number of likely N-dealkylation sites (tertiary alicyclic amines) is 1. The molecule has 1 aromatic heterocycles. The van der Waals surface area contributed by atoms with Gasteiger partial charge in [0, 0.05) is 38.4 Å². The summed E-state index contributed by atoms with van der Waals surface area (Å²) in [7, 11) is 1.75. The first-order chi connectivity index (χ1) is 12.8. The average molecular weight is 505 g/mol. The van der Waals surface area contributed by atoms with E-state index in [-0.39, 0.29) is 36.1 Å². The maximum Gasteiger partial charge on any atom is 0.407 e. The molecule has 0 aliphatic carbocycles. The zero-order valence-corrected chi connectivity index (χ0v) is 19.6. The van der Waals surface area contributed by atoms with E-state index < -0.39 is 5.60 Å². The molecule has 1 aliphatic rings. The normalized spacial score (nSPS) is 17.0. The number of nitrogens with zero attached hydrogens (tertiary/aromatic N) is 3. The Balaban J connectivity index is 0.00000392. The third kappa shape index (κ3) is 7.69. The van der Waals surface area contributed by atoms with Gasteiger partial charge in [-0.15, -0.1) is 24.0 Å². The second-order valence-corrected chi connectivity index (χ2v) is 7.38. The van der Waals surface area contributed by atoms with E-state index in [1.54, 1.807) is 13.2 Å². The molecule has 8 nitrogen and oxygen atoms in total. The van der Waals surface area contributed by atoms with Crippen molar-refractivity contribution in [1.29, 1.82) is 0 Å². The van der Waals surface area contributed by atoms with Gasteiger partial charge in [-0.05, 0) is 40.2 Å². The number of guanidine groups is 1. The van der Waals surface area contributed by atoms with Crippen LogP contribution in [-0.4, -0.2) is 60.3 Å². The van der Waals surface area contributed by atoms with Crippen LogP contribution < -0.4 is 15.4 Å². The van der Waals surface area contributed by atoms with E-state index >= 15 is 0 Å². The Morgan fingerprint density at radius 1 is 1.43 bits per heavy atom. The molecule has 0 bridgehead atoms. The lowest BCUT2D eigenvalue weighted by Crippen LogP contribution is -2.44. The van der Waals surface area contributed by atoms with Gasteiger partial charge in [0.2, 0.25) is 5.88 Å². The smallest absolute Gasteiger partial charge is 0.407 e. The van der Waals surface area contributed by atoms with Gasteiger partial charge >= 0.3 is 6.09 Å². The Kier molecular flexibility index (Phi) is 9.77. The number of aliphatic imine (C=N–C) groups is 1. The summed E-state index contributed by atoms with van der Waals surface area (Å²) in [5.74, 6) is 1.42. The number of halogens is 1. The van der Waals surface area contributed by atoms with Gasteiger partial charge in [0.25, 0.3) is 0 Å². The first-order valence-electron chi connectivity index (χ1n) is 9.34. The van der Waals surface area contributed by atoms with Crippen molar-refractivity contribution in [2.24, 2.45) is 4.99 Å². The minimum Gasteiger partial charge on any atom is -0.478 e. The van der Waals surface area contributed by atoms with Crippen molar-refractivity contribution in [2.45, 2.75) is 52.3 Å². The topological polar surface area (TPSA) is 88.1 Å². The maximum absolute atomic E-state index is 12.0. The summed E-state index contributed by atoms with van der Waals surface area (Å²) < 4.78 is 10.9. The average Bonchev–Trinajstić information content (AvgIpc) is 3.03. The summed E-state index contributed by atoms with van der Waals surface area (Å²) in [6, 6.07) is 3.91. The van der Waals surface area contributed by atoms with Crippen LogP contribution in [0.4, 0.5) is 4.79 Å². The van der Waals surface area contributed by atoms with Crippen LogP contribution in [-0.2, 0) is 11.3 Å². The first kappa shape index (κ1) is 24.3. The number of hydrogen-bond donors (Lipinski definition) is 2. The minimum atomic E-state index is -0.498. The molecule has 158 valence electrons. The number of amides is 1. The number of alkyl carbamates (subject to hydrolysis) is 1. The van der Waals surface area contributed by atoms with Crippen LogP contribution >= 0.6 is 24.0 Å². The van der Waals surface area contributed by atoms with E-state index in [0.717, 1.165) is 24.5 Å². The van der Waals surface area contributed by atoms with Crippen molar-refractivity contribution >= 4 is 36.0 Å². The summed E-state index contributed by atoms with van der Waals surface area (Å²) in [6.45, 7) is 10.1. The van der Waals surface area contributed by atoms with E-state index in [1.807, 2.05) is 39.8 Å². The fourth-order valence-corrected chi connectivity index (χ4v) is 2.88. The van der Waals surface area contributed by atoms with E-state index in [9.17, 15) is 4.79 Å². The molecule has 2 heterocycles. The molecule has 9 heteroatoms. The molecule has 0 aromatic carbocycles. The predicted molar refractivity (Wildman–Crippen MR) is 120 cm³/mol. The van der Waals surface area contributed by atoms with Crippen molar-refractivity contribution < 1.29 is 14.3 Å². The Labute approximate surface area is 184 Å². The Morgan fingerprint density at radius 3 is 2.82 bits per heavy atom. The van der Waals surface area contributed by atoms with Crippen molar-refractivity contribution in [3.8, 4) is 5.88 Å². The second kappa shape index (κ2) is 11.3. The molecule has 1 unspecified atom stereocenters. The maximum atomic E-state index is 12.0. The summed E-state index contributed by atoms with van der Waals surface area (Å²) in [4.78, 5) is 22.7. The van der Waals surface area contributed by atoms with Gasteiger partial charge in [0.05, 0.1) is 12.6 Å². The Bertz CT molecular complexity index is 663. The predicted octanol–water partition coefficient (Wildman–Crippen LogP) is 2.77. The summed E-state index contributed by atoms with van der Waals surface area (Å²) in [6.07, 6.45) is 2.18. The molecule has 1 aromatic rings. The molecule has 0 radical (unpaired) electrons. The third-order valence-corrected chi connectivity index (χ3v) is 3.99. The Morgan fingerprint density at radius 2 is 2.18 bits per heavy atom. The van der Waals surface area contributed by atoms with Crippen LogP contribution in [0.3, 0.4) is 0 Å². The zero-order valence-electron chi connectivity index (χ0n) is 17.3. The molecule has 28 heavy (non-hydrogen) atoms. The summed E-state index contributed by atoms with van der Waals surface area (Å²) in [5.41, 5.74) is 0.477. The van der Waals surface area contributed by atoms with Crippen molar-refractivity contribution in [3.63, 3.8) is 0 Å². The van der Waals surface area contributed by atoms with Gasteiger partial charge in [-0.3, -0.25) is 4.99 Å². The van der Waals surface area contributed by atoms with E-state index in [1.165, 1.54) is 0 Å². The molecule has 2 N–H and O–H groups in total. The molecular formula is C19H32IN5O3. The molecular weight excluding hydrogens is 473 g/mol. The quantitative estimate of drug-likeness (QED) is 0.364. The minimum absolute atomic E-state index is 0. The number of carbonyl (C=O) groups is 1. The van der Waals surface area contributed by atoms with Gasteiger partial charge in [0.1, 0.15) is 5.60 Å². The number of carbonyl (C=O) groups excluding carboxylic acids is 1. The number of rotatable bonds is 5. The highest BCUT2D eigenvalue weighted by Gasteiger charge is 2.27. The monoisotopic (exact) mass is 505 g/mol. The van der Waals surface area contributed by atoms with Crippen LogP contribution in [0.15, 0.2) is 23.3 Å². The first-order valence-corrected chi connectivity index (χ1v) is 9.34. The highest BCUT2D eigenvalue weighted by Crippen LogP contribution is 2.15. The fraction of sp³-hybridized carbons (Fsp3) is 0.632. The van der Waals surface area contributed by atoms with Crippen LogP contribution in [0, 0.1) is 0 Å². The number of hydrogen-bond acceptors (Lipinski definition) is 5. The van der Waals surface area contributed by atoms with Gasteiger partial charge in [-0.1, -0.05) is 6.07 Å². The van der Waals surface area contributed by atoms with Gasteiger partial charge in [-0.2, -0.15) is 0 Å². The number of ether oxygens (including phenoxy) is 2. The highest BCUT2D eigenvalue weighted by molar-refractivity contribution is 14.0. The second-order valence-electron chi connectivity index (χ2n) is 7.38. The van der Waals surface area contributed by atoms with Crippen molar-refractivity contribution in [1.82, 2.24) is 20.5 Å². The number of nitrogens with one attached hydrogen (secondary N) is 2. The van der Waals surface area contributed by atoms with Gasteiger partial charge < -0.3 is 25.0 Å². The lowest BCUT2D eigenvalue weighted by Gasteiger charge is -2.23. The molecule has 1 aliphatic heterocycles. The molecule has 0 saturated carbocycles. The SMILES string of the molecule is CCOc1ncccc1CNC(=NC)N1CCC(NC(=O)OC(C)(C)C)C1.I. The van der Waals surface area contributed by atoms with Crippen LogP contribution in [0.1, 0.15) is 39.7 Å². The van der Waals surface area contributed by atoms with E-state index in [4.69, 9.17) is 9.47 Å². The summed E-state index contributed by atoms with van der Waals surface area (Å²) in [5, 5.41) is 6.28. The van der Waals surface area contributed by atoms with Crippen LogP contribution in [0.2, 0.25) is 0 Å². The third-order valence-electron chi connectivity index (χ3n) is 3.99. The van der Waals surface area contributed by atoms with E-state index in [0.29, 0.717) is 25.6 Å². The Hall–Kier alpha value is -1.78. The lowest BCUT2D eigenvalue weighted by molar-refractivity contribution is 0.0507. The number of aromatic nitrogens is 1. The van der Waals surface area contributed by atoms with Crippen LogP contribution in [0.5, 0.6) is 5.88 Å². The standard InChI is InChI=1S/C19H31N5O3.HI/c1-6-26-16-14(8-7-10-21-16)12-22-17(20-5)24-11-9-15(13-24)23-18(25)27-19(2,3)4;/h7-8,10,15H,6,9,11-13H2,1-5H3,(H,20,22)(H,23,25);1H.